The minimum Gasteiger partial charge on any atom is -0.293 e. The number of carbonyl (C=O) groups is 2. The van der Waals surface area contributed by atoms with Crippen LogP contribution in [0.2, 0.25) is 5.02 Å². The average Bonchev–Trinajstić information content (AvgIpc) is 3.31. The molecule has 0 spiro atoms. The number of aliphatic imine (C=N–C) groups is 1. The summed E-state index contributed by atoms with van der Waals surface area (Å²) in [6.07, 6.45) is -5.93. The topological polar surface area (TPSA) is 92.7 Å². The van der Waals surface area contributed by atoms with Crippen molar-refractivity contribution in [1.29, 1.82) is 0 Å². The zero-order valence-corrected chi connectivity index (χ0v) is 19.6. The molecule has 3 rings (SSSR count). The van der Waals surface area contributed by atoms with Crippen molar-refractivity contribution in [2.75, 3.05) is 11.3 Å². The lowest BCUT2D eigenvalue weighted by atomic mass is 10.1. The molecular weight excluding hydrogens is 513 g/mol. The summed E-state index contributed by atoms with van der Waals surface area (Å²) in [6, 6.07) is 13.7. The monoisotopic (exact) mass is 528 g/mol. The molecule has 0 bridgehead atoms. The van der Waals surface area contributed by atoms with Crippen LogP contribution < -0.4 is 4.72 Å². The number of anilines is 1. The van der Waals surface area contributed by atoms with Gasteiger partial charge in [-0.3, -0.25) is 19.3 Å². The summed E-state index contributed by atoms with van der Waals surface area (Å²) in [5.74, 6) is -1.63. The summed E-state index contributed by atoms with van der Waals surface area (Å²) in [5.41, 5.74) is -1.69. The first-order chi connectivity index (χ1) is 16.0. The number of benzene rings is 2. The van der Waals surface area contributed by atoms with E-state index in [0.29, 0.717) is 5.02 Å². The third-order valence-corrected chi connectivity index (χ3v) is 7.00. The number of sulfonamides is 1. The number of nitrogens with one attached hydrogen (secondary N) is 1. The Hall–Kier alpha value is -3.02. The molecule has 1 heterocycles. The van der Waals surface area contributed by atoms with Crippen molar-refractivity contribution in [3.05, 3.63) is 81.5 Å². The number of halogens is 4. The third-order valence-electron chi connectivity index (χ3n) is 4.46. The summed E-state index contributed by atoms with van der Waals surface area (Å²) in [4.78, 5) is 28.2. The van der Waals surface area contributed by atoms with Gasteiger partial charge in [-0.25, -0.2) is 8.42 Å². The van der Waals surface area contributed by atoms with E-state index in [-0.39, 0.29) is 21.0 Å². The van der Waals surface area contributed by atoms with Crippen molar-refractivity contribution < 1.29 is 31.2 Å². The van der Waals surface area contributed by atoms with Gasteiger partial charge in [-0.1, -0.05) is 29.8 Å². The van der Waals surface area contributed by atoms with Crippen molar-refractivity contribution >= 4 is 55.9 Å². The largest absolute Gasteiger partial charge is 0.429 e. The first-order valence-corrected chi connectivity index (χ1v) is 12.3. The molecule has 2 aromatic carbocycles. The van der Waals surface area contributed by atoms with Gasteiger partial charge >= 0.3 is 6.18 Å². The van der Waals surface area contributed by atoms with Crippen LogP contribution in [0.5, 0.6) is 0 Å². The maximum absolute atomic E-state index is 13.4. The predicted octanol–water partition coefficient (Wildman–Crippen LogP) is 5.66. The zero-order chi connectivity index (χ0) is 24.9. The van der Waals surface area contributed by atoms with Gasteiger partial charge in [-0.15, -0.1) is 11.3 Å². The van der Waals surface area contributed by atoms with Crippen LogP contribution in [0.15, 0.2) is 75.9 Å². The molecular formula is C22H16ClF3N2O4S2. The van der Waals surface area contributed by atoms with E-state index >= 15 is 0 Å². The number of hydrogen-bond acceptors (Lipinski definition) is 6. The molecule has 12 heteroatoms. The predicted molar refractivity (Wildman–Crippen MR) is 125 cm³/mol. The number of ketones is 2. The molecule has 0 aliphatic carbocycles. The first-order valence-electron chi connectivity index (χ1n) is 9.55. The highest BCUT2D eigenvalue weighted by atomic mass is 35.5. The van der Waals surface area contributed by atoms with Crippen molar-refractivity contribution in [3.63, 3.8) is 0 Å². The maximum atomic E-state index is 13.4. The fraction of sp³-hybridized carbons (Fsp3) is 0.136. The van der Waals surface area contributed by atoms with Gasteiger partial charge in [-0.05, 0) is 47.8 Å². The second-order valence-electron chi connectivity index (χ2n) is 6.87. The van der Waals surface area contributed by atoms with Gasteiger partial charge in [0.15, 0.2) is 11.6 Å². The quantitative estimate of drug-likeness (QED) is 0.286. The van der Waals surface area contributed by atoms with E-state index in [1.54, 1.807) is 5.38 Å². The molecule has 0 aliphatic rings. The fourth-order valence-electron chi connectivity index (χ4n) is 2.81. The SMILES string of the molecule is O=C(CC(=NCC(=O)c1ccccc1NS(=O)(=O)c1ccc(Cl)cc1)C(F)(F)F)c1cccs1. The second kappa shape index (κ2) is 10.5. The number of rotatable bonds is 9. The number of alkyl halides is 3. The summed E-state index contributed by atoms with van der Waals surface area (Å²) < 4.78 is 67.7. The van der Waals surface area contributed by atoms with Crippen LogP contribution >= 0.6 is 22.9 Å². The van der Waals surface area contributed by atoms with Crippen molar-refractivity contribution in [2.45, 2.75) is 17.5 Å². The number of nitrogens with zero attached hydrogens (tertiary/aromatic N) is 1. The normalized spacial score (nSPS) is 12.4. The molecule has 0 aliphatic heterocycles. The minimum atomic E-state index is -4.91. The molecule has 6 nitrogen and oxygen atoms in total. The Bertz CT molecular complexity index is 1320. The van der Waals surface area contributed by atoms with Gasteiger partial charge in [0.2, 0.25) is 0 Å². The Labute approximate surface area is 202 Å². The highest BCUT2D eigenvalue weighted by Gasteiger charge is 2.37. The van der Waals surface area contributed by atoms with E-state index in [9.17, 15) is 31.2 Å². The Kier molecular flexibility index (Phi) is 7.90. The van der Waals surface area contributed by atoms with Crippen LogP contribution in [0.25, 0.3) is 0 Å². The van der Waals surface area contributed by atoms with E-state index in [4.69, 9.17) is 11.6 Å². The molecule has 0 atom stereocenters. The number of thiophene rings is 1. The van der Waals surface area contributed by atoms with Gasteiger partial charge in [0.25, 0.3) is 10.0 Å². The van der Waals surface area contributed by atoms with E-state index in [1.807, 2.05) is 0 Å². The molecule has 34 heavy (non-hydrogen) atoms. The lowest BCUT2D eigenvalue weighted by Gasteiger charge is -2.13. The highest BCUT2D eigenvalue weighted by Crippen LogP contribution is 2.24. The molecule has 0 fully saturated rings. The average molecular weight is 529 g/mol. The van der Waals surface area contributed by atoms with Crippen molar-refractivity contribution in [1.82, 2.24) is 0 Å². The van der Waals surface area contributed by atoms with Gasteiger partial charge in [0.1, 0.15) is 12.3 Å². The van der Waals surface area contributed by atoms with Crippen LogP contribution in [0.3, 0.4) is 0 Å². The third kappa shape index (κ3) is 6.52. The number of Topliss-reactive ketones (excluding diaryl/α,β-unsaturated/α-hetero) is 2. The molecule has 1 N–H and O–H groups in total. The molecule has 3 aromatic rings. The molecule has 178 valence electrons. The molecule has 0 unspecified atom stereocenters. The number of hydrogen-bond donors (Lipinski definition) is 1. The van der Waals surface area contributed by atoms with Gasteiger partial charge < -0.3 is 0 Å². The number of carbonyl (C=O) groups excluding carboxylic acids is 2. The first kappa shape index (κ1) is 25.6. The van der Waals surface area contributed by atoms with Crippen molar-refractivity contribution in [2.24, 2.45) is 4.99 Å². The van der Waals surface area contributed by atoms with E-state index in [0.717, 1.165) is 11.3 Å². The van der Waals surface area contributed by atoms with Crippen LogP contribution in [-0.4, -0.2) is 38.4 Å². The summed E-state index contributed by atoms with van der Waals surface area (Å²) in [5, 5.41) is 1.88. The van der Waals surface area contributed by atoms with Gasteiger partial charge in [-0.2, -0.15) is 13.2 Å². The molecule has 0 amide bonds. The van der Waals surface area contributed by atoms with Crippen LogP contribution in [0, 0.1) is 0 Å². The smallest absolute Gasteiger partial charge is 0.293 e. The minimum absolute atomic E-state index is 0.122. The molecule has 0 radical (unpaired) electrons. The fourth-order valence-corrected chi connectivity index (χ4v) is 4.68. The van der Waals surface area contributed by atoms with Gasteiger partial charge in [0, 0.05) is 10.6 Å². The van der Waals surface area contributed by atoms with E-state index in [1.165, 1.54) is 60.7 Å². The van der Waals surface area contributed by atoms with Crippen molar-refractivity contribution in [3.8, 4) is 0 Å². The molecule has 0 saturated carbocycles. The van der Waals surface area contributed by atoms with E-state index in [2.05, 4.69) is 9.71 Å². The lowest BCUT2D eigenvalue weighted by molar-refractivity contribution is -0.0603. The summed E-state index contributed by atoms with van der Waals surface area (Å²) >= 11 is 6.77. The highest BCUT2D eigenvalue weighted by molar-refractivity contribution is 7.92. The Morgan fingerprint density at radius 2 is 1.65 bits per heavy atom. The molecule has 1 aromatic heterocycles. The maximum Gasteiger partial charge on any atom is 0.429 e. The Morgan fingerprint density at radius 1 is 0.971 bits per heavy atom. The Morgan fingerprint density at radius 3 is 2.26 bits per heavy atom. The van der Waals surface area contributed by atoms with E-state index < -0.39 is 46.4 Å². The summed E-state index contributed by atoms with van der Waals surface area (Å²) in [6.45, 7) is -0.924. The van der Waals surface area contributed by atoms with Gasteiger partial charge in [0.05, 0.1) is 21.9 Å². The van der Waals surface area contributed by atoms with Crippen LogP contribution in [0.1, 0.15) is 26.5 Å². The summed E-state index contributed by atoms with van der Waals surface area (Å²) in [7, 11) is -4.10. The standard InChI is InChI=1S/C22H16ClF3N2O4S2/c23-14-7-9-15(10-8-14)34(31,32)28-17-5-2-1-4-16(17)19(30)13-27-21(22(24,25)26)12-18(29)20-6-3-11-33-20/h1-11,28H,12-13H2. The molecule has 0 saturated heterocycles. The van der Waals surface area contributed by atoms with Crippen LogP contribution in [-0.2, 0) is 10.0 Å². The second-order valence-corrected chi connectivity index (χ2v) is 9.93. The lowest BCUT2D eigenvalue weighted by Crippen LogP contribution is -2.27. The van der Waals surface area contributed by atoms with Crippen LogP contribution in [0.4, 0.5) is 18.9 Å². The Balaban J connectivity index is 1.82. The number of para-hydroxylation sites is 1. The zero-order valence-electron chi connectivity index (χ0n) is 17.2.